The van der Waals surface area contributed by atoms with Crippen molar-refractivity contribution in [2.24, 2.45) is 0 Å². The molecule has 1 amide bonds. The number of rotatable bonds is 4. The van der Waals surface area contributed by atoms with Crippen molar-refractivity contribution in [1.29, 1.82) is 0 Å². The van der Waals surface area contributed by atoms with Crippen LogP contribution in [0.2, 0.25) is 0 Å². The molecule has 3 rings (SSSR count). The van der Waals surface area contributed by atoms with Gasteiger partial charge in [-0.1, -0.05) is 42.2 Å². The van der Waals surface area contributed by atoms with Gasteiger partial charge in [0.05, 0.1) is 6.54 Å². The van der Waals surface area contributed by atoms with E-state index >= 15 is 0 Å². The van der Waals surface area contributed by atoms with Crippen molar-refractivity contribution in [3.8, 4) is 11.8 Å². The summed E-state index contributed by atoms with van der Waals surface area (Å²) in [5.41, 5.74) is 3.11. The topological polar surface area (TPSA) is 53.6 Å². The molecule has 1 aliphatic heterocycles. The molecule has 5 nitrogen and oxygen atoms in total. The van der Waals surface area contributed by atoms with E-state index in [0.29, 0.717) is 0 Å². The van der Waals surface area contributed by atoms with Crippen LogP contribution in [0.5, 0.6) is 0 Å². The maximum atomic E-state index is 11.6. The van der Waals surface area contributed by atoms with Gasteiger partial charge in [0.1, 0.15) is 6.61 Å². The summed E-state index contributed by atoms with van der Waals surface area (Å²) in [6.45, 7) is 4.61. The Morgan fingerprint density at radius 1 is 1.08 bits per heavy atom. The third-order valence-electron chi connectivity index (χ3n) is 4.12. The minimum atomic E-state index is -0.461. The molecule has 1 fully saturated rings. The molecule has 0 bridgehead atoms. The number of anilines is 1. The number of carbonyl (C=O) groups is 1. The van der Waals surface area contributed by atoms with Crippen LogP contribution >= 0.6 is 0 Å². The second-order valence-electron chi connectivity index (χ2n) is 6.00. The van der Waals surface area contributed by atoms with E-state index in [1.165, 1.54) is 5.69 Å². The number of amides is 1. The Hall–Kier alpha value is -2.97. The number of hydrogen-bond acceptors (Lipinski definition) is 4. The Labute approximate surface area is 154 Å². The Morgan fingerprint density at radius 2 is 1.81 bits per heavy atom. The molecule has 0 aliphatic carbocycles. The molecule has 26 heavy (non-hydrogen) atoms. The number of ether oxygens (including phenoxy) is 1. The van der Waals surface area contributed by atoms with Crippen LogP contribution in [0.25, 0.3) is 0 Å². The van der Waals surface area contributed by atoms with Crippen molar-refractivity contribution < 1.29 is 9.53 Å². The minimum absolute atomic E-state index is 0.257. The molecule has 1 heterocycles. The maximum absolute atomic E-state index is 11.6. The smallest absolute Gasteiger partial charge is 0.408 e. The lowest BCUT2D eigenvalue weighted by Crippen LogP contribution is -2.43. The molecule has 0 spiro atoms. The van der Waals surface area contributed by atoms with Gasteiger partial charge in [-0.15, -0.1) is 0 Å². The summed E-state index contributed by atoms with van der Waals surface area (Å²) in [7, 11) is 0. The first-order valence-corrected chi connectivity index (χ1v) is 8.80. The van der Waals surface area contributed by atoms with Crippen LogP contribution in [0.1, 0.15) is 11.1 Å². The minimum Gasteiger partial charge on any atom is -0.445 e. The summed E-state index contributed by atoms with van der Waals surface area (Å²) >= 11 is 0. The van der Waals surface area contributed by atoms with Crippen molar-refractivity contribution in [2.45, 2.75) is 6.61 Å². The van der Waals surface area contributed by atoms with Crippen LogP contribution in [0.15, 0.2) is 54.6 Å². The standard InChI is InChI=1S/C21H23N3O2/c25-21(26-17-19-5-2-1-3-6-19)23-12-4-7-18-8-10-20(11-9-18)24-15-13-22-14-16-24/h1-3,5-6,8-11,22H,12-17H2,(H,23,25). The van der Waals surface area contributed by atoms with Gasteiger partial charge < -0.3 is 20.3 Å². The first-order valence-electron chi connectivity index (χ1n) is 8.80. The fraction of sp³-hybridized carbons (Fsp3) is 0.286. The highest BCUT2D eigenvalue weighted by molar-refractivity contribution is 5.67. The van der Waals surface area contributed by atoms with Crippen molar-refractivity contribution in [3.63, 3.8) is 0 Å². The van der Waals surface area contributed by atoms with Crippen molar-refractivity contribution in [1.82, 2.24) is 10.6 Å². The molecule has 0 atom stereocenters. The molecule has 0 unspecified atom stereocenters. The van der Waals surface area contributed by atoms with E-state index in [1.807, 2.05) is 42.5 Å². The zero-order valence-corrected chi connectivity index (χ0v) is 14.7. The van der Waals surface area contributed by atoms with E-state index in [0.717, 1.165) is 37.3 Å². The number of carbonyl (C=O) groups excluding carboxylic acids is 1. The van der Waals surface area contributed by atoms with E-state index in [4.69, 9.17) is 4.74 Å². The van der Waals surface area contributed by atoms with Gasteiger partial charge in [0.2, 0.25) is 0 Å². The van der Waals surface area contributed by atoms with Gasteiger partial charge >= 0.3 is 6.09 Å². The normalized spacial score (nSPS) is 13.5. The Kier molecular flexibility index (Phi) is 6.52. The van der Waals surface area contributed by atoms with Crippen LogP contribution < -0.4 is 15.5 Å². The van der Waals surface area contributed by atoms with Gasteiger partial charge in [-0.05, 0) is 29.8 Å². The van der Waals surface area contributed by atoms with Gasteiger partial charge in [-0.2, -0.15) is 0 Å². The quantitative estimate of drug-likeness (QED) is 0.832. The van der Waals surface area contributed by atoms with Crippen molar-refractivity contribution in [2.75, 3.05) is 37.6 Å². The zero-order valence-electron chi connectivity index (χ0n) is 14.7. The number of hydrogen-bond donors (Lipinski definition) is 2. The lowest BCUT2D eigenvalue weighted by molar-refractivity contribution is 0.141. The summed E-state index contributed by atoms with van der Waals surface area (Å²) in [5, 5.41) is 5.99. The van der Waals surface area contributed by atoms with Crippen molar-refractivity contribution >= 4 is 11.8 Å². The predicted octanol–water partition coefficient (Wildman–Crippen LogP) is 2.37. The number of piperazine rings is 1. The fourth-order valence-electron chi connectivity index (χ4n) is 2.72. The van der Waals surface area contributed by atoms with E-state index in [1.54, 1.807) is 0 Å². The summed E-state index contributed by atoms with van der Waals surface area (Å²) in [4.78, 5) is 14.0. The molecule has 2 aromatic carbocycles. The third-order valence-corrected chi connectivity index (χ3v) is 4.12. The van der Waals surface area contributed by atoms with Crippen LogP contribution in [-0.4, -0.2) is 38.8 Å². The average molecular weight is 349 g/mol. The van der Waals surface area contributed by atoms with E-state index in [9.17, 15) is 4.79 Å². The van der Waals surface area contributed by atoms with Gasteiger partial charge in [0, 0.05) is 37.4 Å². The molecular formula is C21H23N3O2. The van der Waals surface area contributed by atoms with Crippen molar-refractivity contribution in [3.05, 3.63) is 65.7 Å². The van der Waals surface area contributed by atoms with Crippen LogP contribution in [0.3, 0.4) is 0 Å². The number of benzene rings is 2. The monoisotopic (exact) mass is 349 g/mol. The van der Waals surface area contributed by atoms with E-state index < -0.39 is 6.09 Å². The highest BCUT2D eigenvalue weighted by Crippen LogP contribution is 2.15. The summed E-state index contributed by atoms with van der Waals surface area (Å²) in [6.07, 6.45) is -0.461. The van der Waals surface area contributed by atoms with E-state index in [2.05, 4.69) is 39.5 Å². The lowest BCUT2D eigenvalue weighted by atomic mass is 10.2. The van der Waals surface area contributed by atoms with Crippen LogP contribution in [0.4, 0.5) is 10.5 Å². The average Bonchev–Trinajstić information content (AvgIpc) is 2.71. The molecule has 0 radical (unpaired) electrons. The number of nitrogens with zero attached hydrogens (tertiary/aromatic N) is 1. The molecule has 1 saturated heterocycles. The maximum Gasteiger partial charge on any atom is 0.408 e. The zero-order chi connectivity index (χ0) is 18.0. The number of nitrogens with one attached hydrogen (secondary N) is 2. The van der Waals surface area contributed by atoms with Gasteiger partial charge in [0.25, 0.3) is 0 Å². The molecule has 0 aromatic heterocycles. The second-order valence-corrected chi connectivity index (χ2v) is 6.00. The first-order chi connectivity index (χ1) is 12.8. The largest absolute Gasteiger partial charge is 0.445 e. The molecular weight excluding hydrogens is 326 g/mol. The van der Waals surface area contributed by atoms with Gasteiger partial charge in [0.15, 0.2) is 0 Å². The van der Waals surface area contributed by atoms with Crippen LogP contribution in [0, 0.1) is 11.8 Å². The molecule has 5 heteroatoms. The Balaban J connectivity index is 1.41. The SMILES string of the molecule is O=C(NCC#Cc1ccc(N2CCNCC2)cc1)OCc1ccccc1. The highest BCUT2D eigenvalue weighted by atomic mass is 16.5. The highest BCUT2D eigenvalue weighted by Gasteiger charge is 2.09. The number of alkyl carbamates (subject to hydrolysis) is 1. The first kappa shape index (κ1) is 17.8. The molecule has 0 saturated carbocycles. The van der Waals surface area contributed by atoms with Gasteiger partial charge in [-0.3, -0.25) is 0 Å². The lowest BCUT2D eigenvalue weighted by Gasteiger charge is -2.29. The molecule has 2 N–H and O–H groups in total. The summed E-state index contributed by atoms with van der Waals surface area (Å²) in [5.74, 6) is 6.00. The van der Waals surface area contributed by atoms with Gasteiger partial charge in [-0.25, -0.2) is 4.79 Å². The molecule has 134 valence electrons. The summed E-state index contributed by atoms with van der Waals surface area (Å²) in [6, 6.07) is 17.8. The second kappa shape index (κ2) is 9.50. The van der Waals surface area contributed by atoms with Crippen LogP contribution in [-0.2, 0) is 11.3 Å². The van der Waals surface area contributed by atoms with E-state index in [-0.39, 0.29) is 13.2 Å². The Bertz CT molecular complexity index is 757. The fourth-order valence-corrected chi connectivity index (χ4v) is 2.72. The Morgan fingerprint density at radius 3 is 2.54 bits per heavy atom. The molecule has 2 aromatic rings. The predicted molar refractivity (Wildman–Crippen MR) is 103 cm³/mol. The third kappa shape index (κ3) is 5.54. The summed E-state index contributed by atoms with van der Waals surface area (Å²) < 4.78 is 5.13. The molecule has 1 aliphatic rings.